The van der Waals surface area contributed by atoms with Gasteiger partial charge in [0.25, 0.3) is 0 Å². The number of carbonyl (C=O) groups excluding carboxylic acids is 2. The number of anilines is 1. The molecule has 1 aliphatic heterocycles. The average Bonchev–Trinajstić information content (AvgIpc) is 2.74. The second-order valence-corrected chi connectivity index (χ2v) is 5.69. The zero-order valence-electron chi connectivity index (χ0n) is 12.7. The third-order valence-corrected chi connectivity index (χ3v) is 3.91. The third kappa shape index (κ3) is 5.31. The van der Waals surface area contributed by atoms with Crippen LogP contribution in [0.2, 0.25) is 0 Å². The molecule has 1 N–H and O–H groups in total. The molecule has 4 nitrogen and oxygen atoms in total. The Labute approximate surface area is 126 Å². The molecule has 114 valence electrons. The number of carbonyl (C=O) groups is 2. The molecule has 1 aliphatic rings. The third-order valence-electron chi connectivity index (χ3n) is 3.91. The number of hydrogen-bond donors (Lipinski definition) is 1. The average molecular weight is 288 g/mol. The first kappa shape index (κ1) is 15.7. The number of benzene rings is 1. The van der Waals surface area contributed by atoms with Crippen molar-refractivity contribution in [1.82, 2.24) is 4.90 Å². The van der Waals surface area contributed by atoms with Gasteiger partial charge in [0.1, 0.15) is 0 Å². The molecule has 0 saturated carbocycles. The van der Waals surface area contributed by atoms with E-state index in [0.717, 1.165) is 19.6 Å². The summed E-state index contributed by atoms with van der Waals surface area (Å²) in [5, 5.41) is 2.87. The molecule has 0 aromatic heterocycles. The van der Waals surface area contributed by atoms with Crippen LogP contribution in [0.1, 0.15) is 49.4 Å². The molecule has 0 aliphatic carbocycles. The van der Waals surface area contributed by atoms with Crippen LogP contribution in [-0.4, -0.2) is 36.2 Å². The summed E-state index contributed by atoms with van der Waals surface area (Å²) in [6.07, 6.45) is 5.59. The lowest BCUT2D eigenvalue weighted by Gasteiger charge is -2.19. The molecule has 1 saturated heterocycles. The Kier molecular flexibility index (Phi) is 5.93. The van der Waals surface area contributed by atoms with E-state index < -0.39 is 0 Å². The summed E-state index contributed by atoms with van der Waals surface area (Å²) >= 11 is 0. The van der Waals surface area contributed by atoms with Crippen LogP contribution in [0.5, 0.6) is 0 Å². The van der Waals surface area contributed by atoms with Crippen molar-refractivity contribution in [2.45, 2.75) is 39.0 Å². The number of Topliss-reactive ketones (excluding diaryl/α,β-unsaturated/α-hetero) is 1. The van der Waals surface area contributed by atoms with Gasteiger partial charge in [0, 0.05) is 24.2 Å². The number of ketones is 1. The highest BCUT2D eigenvalue weighted by molar-refractivity contribution is 5.97. The Morgan fingerprint density at radius 1 is 1.14 bits per heavy atom. The van der Waals surface area contributed by atoms with Gasteiger partial charge in [-0.15, -0.1) is 0 Å². The van der Waals surface area contributed by atoms with E-state index >= 15 is 0 Å². The van der Waals surface area contributed by atoms with Crippen LogP contribution in [0.25, 0.3) is 0 Å². The minimum Gasteiger partial charge on any atom is -0.326 e. The lowest BCUT2D eigenvalue weighted by Crippen LogP contribution is -2.28. The van der Waals surface area contributed by atoms with Gasteiger partial charge in [-0.1, -0.05) is 25.0 Å². The molecule has 0 radical (unpaired) electrons. The highest BCUT2D eigenvalue weighted by Crippen LogP contribution is 2.13. The van der Waals surface area contributed by atoms with Crippen molar-refractivity contribution < 1.29 is 9.59 Å². The summed E-state index contributed by atoms with van der Waals surface area (Å²) in [6.45, 7) is 4.55. The van der Waals surface area contributed by atoms with Crippen molar-refractivity contribution in [3.05, 3.63) is 29.8 Å². The first-order valence-electron chi connectivity index (χ1n) is 7.78. The van der Waals surface area contributed by atoms with Crippen molar-refractivity contribution in [3.63, 3.8) is 0 Å². The van der Waals surface area contributed by atoms with Crippen molar-refractivity contribution >= 4 is 17.4 Å². The Bertz CT molecular complexity index is 491. The van der Waals surface area contributed by atoms with Crippen molar-refractivity contribution in [3.8, 4) is 0 Å². The van der Waals surface area contributed by atoms with Crippen LogP contribution in [0.3, 0.4) is 0 Å². The number of hydrogen-bond acceptors (Lipinski definition) is 3. The summed E-state index contributed by atoms with van der Waals surface area (Å²) in [6, 6.07) is 7.10. The molecule has 0 spiro atoms. The monoisotopic (exact) mass is 288 g/mol. The van der Waals surface area contributed by atoms with Gasteiger partial charge in [0.15, 0.2) is 5.78 Å². The van der Waals surface area contributed by atoms with Crippen LogP contribution in [0.4, 0.5) is 5.69 Å². The molecule has 0 atom stereocenters. The topological polar surface area (TPSA) is 49.4 Å². The lowest BCUT2D eigenvalue weighted by atomic mass is 10.1. The highest BCUT2D eigenvalue weighted by Gasteiger charge is 2.11. The van der Waals surface area contributed by atoms with Crippen LogP contribution in [0.15, 0.2) is 24.3 Å². The quantitative estimate of drug-likeness (QED) is 0.847. The standard InChI is InChI=1S/C17H24N2O2/c1-14(20)15-7-6-8-16(13-15)18-17(21)9-12-19-10-4-2-3-5-11-19/h6-8,13H,2-5,9-12H2,1H3,(H,18,21). The molecule has 1 fully saturated rings. The minimum absolute atomic E-state index is 0.00988. The zero-order chi connectivity index (χ0) is 15.1. The summed E-state index contributed by atoms with van der Waals surface area (Å²) in [4.78, 5) is 25.7. The van der Waals surface area contributed by atoms with E-state index in [1.807, 2.05) is 6.07 Å². The SMILES string of the molecule is CC(=O)c1cccc(NC(=O)CCN2CCCCCC2)c1. The van der Waals surface area contributed by atoms with E-state index in [0.29, 0.717) is 17.7 Å². The number of amides is 1. The van der Waals surface area contributed by atoms with E-state index in [9.17, 15) is 9.59 Å². The van der Waals surface area contributed by atoms with Crippen LogP contribution in [-0.2, 0) is 4.79 Å². The van der Waals surface area contributed by atoms with Gasteiger partial charge in [0.05, 0.1) is 0 Å². The van der Waals surface area contributed by atoms with Crippen molar-refractivity contribution in [2.24, 2.45) is 0 Å². The molecule has 1 heterocycles. The minimum atomic E-state index is 0.00988. The number of likely N-dealkylation sites (tertiary alicyclic amines) is 1. The van der Waals surface area contributed by atoms with Gasteiger partial charge in [0.2, 0.25) is 5.91 Å². The van der Waals surface area contributed by atoms with Gasteiger partial charge < -0.3 is 10.2 Å². The zero-order valence-corrected chi connectivity index (χ0v) is 12.7. The second-order valence-electron chi connectivity index (χ2n) is 5.69. The summed E-state index contributed by atoms with van der Waals surface area (Å²) in [7, 11) is 0. The fourth-order valence-electron chi connectivity index (χ4n) is 2.66. The van der Waals surface area contributed by atoms with Gasteiger partial charge in [-0.05, 0) is 45.0 Å². The molecule has 4 heteroatoms. The largest absolute Gasteiger partial charge is 0.326 e. The first-order valence-corrected chi connectivity index (χ1v) is 7.78. The van der Waals surface area contributed by atoms with E-state index in [2.05, 4.69) is 10.2 Å². The molecular weight excluding hydrogens is 264 g/mol. The molecular formula is C17H24N2O2. The maximum atomic E-state index is 12.0. The lowest BCUT2D eigenvalue weighted by molar-refractivity contribution is -0.116. The van der Waals surface area contributed by atoms with Gasteiger partial charge in [-0.3, -0.25) is 9.59 Å². The molecule has 1 aromatic rings. The molecule has 2 rings (SSSR count). The van der Waals surface area contributed by atoms with E-state index in [1.165, 1.54) is 32.6 Å². The van der Waals surface area contributed by atoms with E-state index in [-0.39, 0.29) is 11.7 Å². The Hall–Kier alpha value is -1.68. The summed E-state index contributed by atoms with van der Waals surface area (Å²) in [5.74, 6) is 0.0237. The predicted molar refractivity (Wildman–Crippen MR) is 84.6 cm³/mol. The fraction of sp³-hybridized carbons (Fsp3) is 0.529. The summed E-state index contributed by atoms with van der Waals surface area (Å²) in [5.41, 5.74) is 1.32. The van der Waals surface area contributed by atoms with Gasteiger partial charge >= 0.3 is 0 Å². The smallest absolute Gasteiger partial charge is 0.225 e. The maximum Gasteiger partial charge on any atom is 0.225 e. The Morgan fingerprint density at radius 3 is 2.52 bits per heavy atom. The van der Waals surface area contributed by atoms with E-state index in [4.69, 9.17) is 0 Å². The summed E-state index contributed by atoms with van der Waals surface area (Å²) < 4.78 is 0. The predicted octanol–water partition coefficient (Wildman–Crippen LogP) is 3.09. The van der Waals surface area contributed by atoms with Crippen LogP contribution >= 0.6 is 0 Å². The fourth-order valence-corrected chi connectivity index (χ4v) is 2.66. The highest BCUT2D eigenvalue weighted by atomic mass is 16.1. The maximum absolute atomic E-state index is 12.0. The van der Waals surface area contributed by atoms with E-state index in [1.54, 1.807) is 18.2 Å². The van der Waals surface area contributed by atoms with Crippen molar-refractivity contribution in [1.29, 1.82) is 0 Å². The van der Waals surface area contributed by atoms with Crippen LogP contribution < -0.4 is 5.32 Å². The Balaban J connectivity index is 1.81. The van der Waals surface area contributed by atoms with Gasteiger partial charge in [-0.25, -0.2) is 0 Å². The number of rotatable bonds is 5. The molecule has 21 heavy (non-hydrogen) atoms. The van der Waals surface area contributed by atoms with Crippen LogP contribution in [0, 0.1) is 0 Å². The molecule has 1 aromatic carbocycles. The second kappa shape index (κ2) is 7.93. The van der Waals surface area contributed by atoms with Crippen molar-refractivity contribution in [2.75, 3.05) is 25.0 Å². The number of nitrogens with zero attached hydrogens (tertiary/aromatic N) is 1. The molecule has 0 bridgehead atoms. The first-order chi connectivity index (χ1) is 10.1. The molecule has 0 unspecified atom stereocenters. The van der Waals surface area contributed by atoms with Gasteiger partial charge in [-0.2, -0.15) is 0 Å². The molecule has 1 amide bonds. The number of nitrogens with one attached hydrogen (secondary N) is 1. The Morgan fingerprint density at radius 2 is 1.86 bits per heavy atom. The normalized spacial score (nSPS) is 16.2.